The summed E-state index contributed by atoms with van der Waals surface area (Å²) in [6.45, 7) is 4.47. The highest BCUT2D eigenvalue weighted by atomic mass is 35.5. The average Bonchev–Trinajstić information content (AvgIpc) is 2.85. The molecule has 5 nitrogen and oxygen atoms in total. The summed E-state index contributed by atoms with van der Waals surface area (Å²) in [6, 6.07) is 1.00. The first-order chi connectivity index (χ1) is 10.8. The van der Waals surface area contributed by atoms with E-state index in [-0.39, 0.29) is 0 Å². The third kappa shape index (κ3) is 3.63. The summed E-state index contributed by atoms with van der Waals surface area (Å²) in [5, 5.41) is 0.609. The highest BCUT2D eigenvalue weighted by Crippen LogP contribution is 2.29. The number of anilines is 1. The number of rotatable bonds is 3. The molecule has 3 rings (SSSR count). The number of piperidine rings is 1. The van der Waals surface area contributed by atoms with Gasteiger partial charge in [-0.05, 0) is 38.8 Å². The zero-order valence-corrected chi connectivity index (χ0v) is 14.1. The van der Waals surface area contributed by atoms with Crippen LogP contribution in [0.15, 0.2) is 6.20 Å². The normalized spacial score (nSPS) is 24.1. The van der Waals surface area contributed by atoms with Gasteiger partial charge in [-0.2, -0.15) is 4.98 Å². The summed E-state index contributed by atoms with van der Waals surface area (Å²) in [4.78, 5) is 13.5. The molecule has 22 heavy (non-hydrogen) atoms. The molecule has 0 spiro atoms. The Balaban J connectivity index is 1.72. The minimum Gasteiger partial charge on any atom is -0.467 e. The zero-order valence-electron chi connectivity index (χ0n) is 13.3. The van der Waals surface area contributed by atoms with Crippen molar-refractivity contribution in [2.75, 3.05) is 38.2 Å². The molecule has 1 atom stereocenters. The number of aromatic nitrogens is 2. The molecule has 1 unspecified atom stereocenters. The van der Waals surface area contributed by atoms with E-state index in [1.54, 1.807) is 13.3 Å². The lowest BCUT2D eigenvalue weighted by Gasteiger charge is -2.39. The standard InChI is InChI=1S/C16H25ClN4O/c1-22-16-18-11-14(17)15(19-16)21-10-6-7-13(12-21)20-8-4-2-3-5-9-20/h11,13H,2-10,12H2,1H3. The molecular formula is C16H25ClN4O. The molecule has 0 aromatic carbocycles. The van der Waals surface area contributed by atoms with Crippen LogP contribution in [0.25, 0.3) is 0 Å². The van der Waals surface area contributed by atoms with Crippen molar-refractivity contribution in [2.45, 2.75) is 44.6 Å². The van der Waals surface area contributed by atoms with Crippen molar-refractivity contribution >= 4 is 17.4 Å². The van der Waals surface area contributed by atoms with Crippen LogP contribution in [-0.4, -0.2) is 54.2 Å². The van der Waals surface area contributed by atoms with E-state index in [0.29, 0.717) is 17.1 Å². The summed E-state index contributed by atoms with van der Waals surface area (Å²) < 4.78 is 5.14. The van der Waals surface area contributed by atoms with Crippen LogP contribution in [0.1, 0.15) is 38.5 Å². The molecule has 0 N–H and O–H groups in total. The first-order valence-corrected chi connectivity index (χ1v) is 8.71. The van der Waals surface area contributed by atoms with Crippen molar-refractivity contribution in [1.29, 1.82) is 0 Å². The maximum absolute atomic E-state index is 6.31. The second-order valence-corrected chi connectivity index (χ2v) is 6.63. The van der Waals surface area contributed by atoms with E-state index < -0.39 is 0 Å². The topological polar surface area (TPSA) is 41.5 Å². The molecule has 6 heteroatoms. The monoisotopic (exact) mass is 324 g/mol. The SMILES string of the molecule is COc1ncc(Cl)c(N2CCCC(N3CCCCCC3)C2)n1. The number of nitrogens with zero attached hydrogens (tertiary/aromatic N) is 4. The van der Waals surface area contributed by atoms with E-state index >= 15 is 0 Å². The number of ether oxygens (including phenoxy) is 1. The Hall–Kier alpha value is -1.07. The van der Waals surface area contributed by atoms with Gasteiger partial charge in [0.05, 0.1) is 13.3 Å². The molecule has 2 fully saturated rings. The number of hydrogen-bond donors (Lipinski definition) is 0. The van der Waals surface area contributed by atoms with Crippen molar-refractivity contribution in [3.8, 4) is 6.01 Å². The number of methoxy groups -OCH3 is 1. The Kier molecular flexibility index (Phi) is 5.37. The molecule has 0 bridgehead atoms. The Morgan fingerprint density at radius 3 is 2.64 bits per heavy atom. The van der Waals surface area contributed by atoms with Crippen molar-refractivity contribution < 1.29 is 4.74 Å². The fourth-order valence-corrected chi connectivity index (χ4v) is 3.78. The lowest BCUT2D eigenvalue weighted by molar-refractivity contribution is 0.181. The summed E-state index contributed by atoms with van der Waals surface area (Å²) >= 11 is 6.31. The van der Waals surface area contributed by atoms with E-state index in [4.69, 9.17) is 16.3 Å². The van der Waals surface area contributed by atoms with Gasteiger partial charge in [-0.15, -0.1) is 0 Å². The molecule has 1 aromatic rings. The van der Waals surface area contributed by atoms with Crippen LogP contribution in [0, 0.1) is 0 Å². The fourth-order valence-electron chi connectivity index (χ4n) is 3.57. The van der Waals surface area contributed by atoms with Gasteiger partial charge in [0.25, 0.3) is 0 Å². The van der Waals surface area contributed by atoms with E-state index in [0.717, 1.165) is 18.9 Å². The van der Waals surface area contributed by atoms with E-state index in [1.165, 1.54) is 51.6 Å². The lowest BCUT2D eigenvalue weighted by atomic mass is 10.0. The van der Waals surface area contributed by atoms with Gasteiger partial charge in [0.1, 0.15) is 5.02 Å². The van der Waals surface area contributed by atoms with Crippen LogP contribution in [-0.2, 0) is 0 Å². The first-order valence-electron chi connectivity index (χ1n) is 8.33. The largest absolute Gasteiger partial charge is 0.467 e. The fraction of sp³-hybridized carbons (Fsp3) is 0.750. The third-order valence-electron chi connectivity index (χ3n) is 4.74. The van der Waals surface area contributed by atoms with Gasteiger partial charge >= 0.3 is 6.01 Å². The van der Waals surface area contributed by atoms with Gasteiger partial charge in [0.15, 0.2) is 5.82 Å². The van der Waals surface area contributed by atoms with Crippen LogP contribution in [0.4, 0.5) is 5.82 Å². The van der Waals surface area contributed by atoms with Crippen LogP contribution in [0.3, 0.4) is 0 Å². The van der Waals surface area contributed by atoms with Crippen molar-refractivity contribution in [2.24, 2.45) is 0 Å². The Morgan fingerprint density at radius 2 is 1.91 bits per heavy atom. The summed E-state index contributed by atoms with van der Waals surface area (Å²) in [7, 11) is 1.59. The molecule has 0 amide bonds. The molecule has 0 saturated carbocycles. The molecule has 1 aromatic heterocycles. The van der Waals surface area contributed by atoms with Crippen LogP contribution in [0.5, 0.6) is 6.01 Å². The predicted octanol–water partition coefficient (Wildman–Crippen LogP) is 2.98. The Morgan fingerprint density at radius 1 is 1.14 bits per heavy atom. The molecule has 0 radical (unpaired) electrons. The molecule has 2 aliphatic heterocycles. The van der Waals surface area contributed by atoms with Crippen LogP contribution < -0.4 is 9.64 Å². The minimum absolute atomic E-state index is 0.385. The minimum atomic E-state index is 0.385. The summed E-state index contributed by atoms with van der Waals surface area (Å²) in [5.41, 5.74) is 0. The van der Waals surface area contributed by atoms with Crippen molar-refractivity contribution in [3.05, 3.63) is 11.2 Å². The van der Waals surface area contributed by atoms with Gasteiger partial charge in [-0.3, -0.25) is 4.90 Å². The molecule has 122 valence electrons. The van der Waals surface area contributed by atoms with Gasteiger partial charge in [0, 0.05) is 19.1 Å². The smallest absolute Gasteiger partial charge is 0.318 e. The molecule has 3 heterocycles. The van der Waals surface area contributed by atoms with Gasteiger partial charge in [0.2, 0.25) is 0 Å². The average molecular weight is 325 g/mol. The summed E-state index contributed by atoms with van der Waals surface area (Å²) in [6.07, 6.45) is 9.51. The van der Waals surface area contributed by atoms with Gasteiger partial charge in [-0.25, -0.2) is 4.98 Å². The van der Waals surface area contributed by atoms with Crippen LogP contribution in [0.2, 0.25) is 5.02 Å². The van der Waals surface area contributed by atoms with E-state index in [2.05, 4.69) is 19.8 Å². The molecule has 2 aliphatic rings. The van der Waals surface area contributed by atoms with E-state index in [1.807, 2.05) is 0 Å². The molecular weight excluding hydrogens is 300 g/mol. The Bertz CT molecular complexity index is 491. The van der Waals surface area contributed by atoms with Gasteiger partial charge < -0.3 is 9.64 Å². The highest BCUT2D eigenvalue weighted by Gasteiger charge is 2.27. The lowest BCUT2D eigenvalue weighted by Crippen LogP contribution is -2.48. The third-order valence-corrected chi connectivity index (χ3v) is 5.01. The van der Waals surface area contributed by atoms with Gasteiger partial charge in [-0.1, -0.05) is 24.4 Å². The maximum atomic E-state index is 6.31. The number of likely N-dealkylation sites (tertiary alicyclic amines) is 1. The van der Waals surface area contributed by atoms with Crippen molar-refractivity contribution in [1.82, 2.24) is 14.9 Å². The number of hydrogen-bond acceptors (Lipinski definition) is 5. The second-order valence-electron chi connectivity index (χ2n) is 6.22. The van der Waals surface area contributed by atoms with Crippen LogP contribution >= 0.6 is 11.6 Å². The summed E-state index contributed by atoms with van der Waals surface area (Å²) in [5.74, 6) is 0.813. The number of halogens is 1. The molecule has 2 saturated heterocycles. The Labute approximate surface area is 137 Å². The first kappa shape index (κ1) is 15.8. The quantitative estimate of drug-likeness (QED) is 0.855. The van der Waals surface area contributed by atoms with E-state index in [9.17, 15) is 0 Å². The maximum Gasteiger partial charge on any atom is 0.318 e. The van der Waals surface area contributed by atoms with Crippen molar-refractivity contribution in [3.63, 3.8) is 0 Å². The zero-order chi connectivity index (χ0) is 15.4. The highest BCUT2D eigenvalue weighted by molar-refractivity contribution is 6.32. The second kappa shape index (κ2) is 7.47. The predicted molar refractivity (Wildman–Crippen MR) is 88.9 cm³/mol. The molecule has 0 aliphatic carbocycles.